The number of likely N-dealkylation sites (N-methyl/N-ethyl adjacent to an activating group) is 2. The van der Waals surface area contributed by atoms with Crippen molar-refractivity contribution in [2.24, 2.45) is 0 Å². The first-order valence-corrected chi connectivity index (χ1v) is 8.53. The highest BCUT2D eigenvalue weighted by Crippen LogP contribution is 2.30. The number of amides is 2. The topological polar surface area (TPSA) is 63.0 Å². The van der Waals surface area contributed by atoms with Crippen LogP contribution in [0.15, 0.2) is 34.7 Å². The van der Waals surface area contributed by atoms with E-state index in [4.69, 9.17) is 9.15 Å². The fourth-order valence-electron chi connectivity index (χ4n) is 2.29. The summed E-state index contributed by atoms with van der Waals surface area (Å²) in [4.78, 5) is 26.9. The molecule has 1 aromatic carbocycles. The van der Waals surface area contributed by atoms with Gasteiger partial charge in [-0.2, -0.15) is 0 Å². The van der Waals surface area contributed by atoms with E-state index in [2.05, 4.69) is 19.9 Å². The zero-order valence-electron chi connectivity index (χ0n) is 16.2. The molecule has 0 N–H and O–H groups in total. The van der Waals surface area contributed by atoms with Gasteiger partial charge in [0.15, 0.2) is 5.76 Å². The van der Waals surface area contributed by atoms with Crippen molar-refractivity contribution in [2.45, 2.75) is 26.7 Å². The number of hydrogen-bond donors (Lipinski definition) is 0. The van der Waals surface area contributed by atoms with Crippen molar-refractivity contribution in [3.8, 4) is 11.7 Å². The Morgan fingerprint density at radius 2 is 1.81 bits per heavy atom. The Labute approximate surface area is 154 Å². The number of benzene rings is 1. The third-order valence-electron chi connectivity index (χ3n) is 4.10. The van der Waals surface area contributed by atoms with E-state index >= 15 is 0 Å². The van der Waals surface area contributed by atoms with Crippen LogP contribution in [0.2, 0.25) is 0 Å². The van der Waals surface area contributed by atoms with Crippen LogP contribution in [0.4, 0.5) is 0 Å². The first-order chi connectivity index (χ1) is 12.2. The lowest BCUT2D eigenvalue weighted by Gasteiger charge is -2.18. The Morgan fingerprint density at radius 1 is 1.12 bits per heavy atom. The van der Waals surface area contributed by atoms with E-state index in [-0.39, 0.29) is 30.1 Å². The summed E-state index contributed by atoms with van der Waals surface area (Å²) in [7, 11) is 4.85. The zero-order valence-corrected chi connectivity index (χ0v) is 16.2. The Bertz CT molecular complexity index is 793. The predicted molar refractivity (Wildman–Crippen MR) is 99.7 cm³/mol. The third-order valence-corrected chi connectivity index (χ3v) is 4.10. The zero-order chi connectivity index (χ0) is 19.4. The number of furan rings is 1. The summed E-state index contributed by atoms with van der Waals surface area (Å²) in [6.45, 7) is 6.17. The van der Waals surface area contributed by atoms with Gasteiger partial charge in [0.1, 0.15) is 5.75 Å². The van der Waals surface area contributed by atoms with Crippen LogP contribution in [0.1, 0.15) is 41.4 Å². The van der Waals surface area contributed by atoms with Crippen molar-refractivity contribution in [3.05, 3.63) is 47.2 Å². The number of aryl methyl sites for hydroxylation is 1. The summed E-state index contributed by atoms with van der Waals surface area (Å²) in [5.74, 6) is 0.916. The molecule has 0 aliphatic heterocycles. The van der Waals surface area contributed by atoms with E-state index in [1.165, 1.54) is 9.80 Å². The highest BCUT2D eigenvalue weighted by atomic mass is 16.6. The fraction of sp³-hybridized carbons (Fsp3) is 0.400. The van der Waals surface area contributed by atoms with Crippen LogP contribution < -0.4 is 4.74 Å². The number of ether oxygens (including phenoxy) is 1. The van der Waals surface area contributed by atoms with E-state index in [9.17, 15) is 9.59 Å². The van der Waals surface area contributed by atoms with E-state index in [1.54, 1.807) is 33.3 Å². The van der Waals surface area contributed by atoms with Gasteiger partial charge in [-0.25, -0.2) is 0 Å². The molecule has 1 aromatic heterocycles. The normalized spacial score (nSPS) is 10.7. The Hall–Kier alpha value is -2.76. The van der Waals surface area contributed by atoms with Crippen molar-refractivity contribution in [1.29, 1.82) is 0 Å². The standard InChI is InChI=1S/C20H26N2O4/c1-13(2)15-8-7-14(3)17(11-15)26-19-10-9-16(25-19)20(24)22(6)12-18(23)21(4)5/h7-11,13H,12H2,1-6H3. The Morgan fingerprint density at radius 3 is 2.42 bits per heavy atom. The second kappa shape index (κ2) is 8.08. The maximum Gasteiger partial charge on any atom is 0.290 e. The molecular weight excluding hydrogens is 332 g/mol. The lowest BCUT2D eigenvalue weighted by molar-refractivity contribution is -0.129. The highest BCUT2D eigenvalue weighted by molar-refractivity contribution is 5.94. The molecule has 0 saturated carbocycles. The van der Waals surface area contributed by atoms with Crippen LogP contribution in [0.3, 0.4) is 0 Å². The molecule has 0 unspecified atom stereocenters. The van der Waals surface area contributed by atoms with Gasteiger partial charge in [0.2, 0.25) is 5.91 Å². The molecule has 0 radical (unpaired) electrons. The lowest BCUT2D eigenvalue weighted by Crippen LogP contribution is -2.37. The number of rotatable bonds is 6. The second-order valence-electron chi connectivity index (χ2n) is 6.85. The van der Waals surface area contributed by atoms with Crippen LogP contribution in [0, 0.1) is 6.92 Å². The number of carbonyl (C=O) groups excluding carboxylic acids is 2. The minimum absolute atomic E-state index is 0.0156. The molecular formula is C20H26N2O4. The molecule has 2 aromatic rings. The SMILES string of the molecule is Cc1ccc(C(C)C)cc1Oc1ccc(C(=O)N(C)CC(=O)N(C)C)o1. The van der Waals surface area contributed by atoms with Gasteiger partial charge in [-0.1, -0.05) is 26.0 Å². The number of hydrogen-bond acceptors (Lipinski definition) is 4. The monoisotopic (exact) mass is 358 g/mol. The summed E-state index contributed by atoms with van der Waals surface area (Å²) < 4.78 is 11.3. The molecule has 0 fully saturated rings. The largest absolute Gasteiger partial charge is 0.426 e. The molecule has 0 saturated heterocycles. The highest BCUT2D eigenvalue weighted by Gasteiger charge is 2.20. The van der Waals surface area contributed by atoms with Gasteiger partial charge in [-0.3, -0.25) is 9.59 Å². The molecule has 0 atom stereocenters. The van der Waals surface area contributed by atoms with E-state index in [0.717, 1.165) is 11.1 Å². The van der Waals surface area contributed by atoms with Gasteiger partial charge in [0.25, 0.3) is 11.9 Å². The van der Waals surface area contributed by atoms with Crippen LogP contribution in [0.25, 0.3) is 0 Å². The van der Waals surface area contributed by atoms with Gasteiger partial charge < -0.3 is 19.0 Å². The van der Waals surface area contributed by atoms with E-state index < -0.39 is 0 Å². The molecule has 1 heterocycles. The molecule has 2 rings (SSSR count). The molecule has 6 heteroatoms. The first-order valence-electron chi connectivity index (χ1n) is 8.53. The second-order valence-corrected chi connectivity index (χ2v) is 6.85. The van der Waals surface area contributed by atoms with Crippen molar-refractivity contribution < 1.29 is 18.7 Å². The smallest absolute Gasteiger partial charge is 0.290 e. The molecule has 0 bridgehead atoms. The van der Waals surface area contributed by atoms with Gasteiger partial charge in [0, 0.05) is 27.2 Å². The van der Waals surface area contributed by atoms with E-state index in [1.807, 2.05) is 19.1 Å². The van der Waals surface area contributed by atoms with Gasteiger partial charge >= 0.3 is 0 Å². The molecule has 0 aliphatic carbocycles. The van der Waals surface area contributed by atoms with Crippen LogP contribution in [-0.4, -0.2) is 49.3 Å². The van der Waals surface area contributed by atoms with Crippen molar-refractivity contribution >= 4 is 11.8 Å². The summed E-state index contributed by atoms with van der Waals surface area (Å²) in [6.07, 6.45) is 0. The lowest BCUT2D eigenvalue weighted by atomic mass is 10.0. The first kappa shape index (κ1) is 19.6. The molecule has 6 nitrogen and oxygen atoms in total. The van der Waals surface area contributed by atoms with Crippen LogP contribution in [0.5, 0.6) is 11.7 Å². The Balaban J connectivity index is 2.11. The molecule has 0 spiro atoms. The summed E-state index contributed by atoms with van der Waals surface area (Å²) in [5.41, 5.74) is 2.14. The molecule has 0 aliphatic rings. The van der Waals surface area contributed by atoms with Gasteiger partial charge in [-0.05, 0) is 36.1 Å². The third kappa shape index (κ3) is 4.65. The summed E-state index contributed by atoms with van der Waals surface area (Å²) in [5, 5.41) is 0. The van der Waals surface area contributed by atoms with Crippen LogP contribution >= 0.6 is 0 Å². The minimum atomic E-state index is -0.372. The number of carbonyl (C=O) groups is 2. The van der Waals surface area contributed by atoms with Gasteiger partial charge in [0.05, 0.1) is 6.54 Å². The van der Waals surface area contributed by atoms with Crippen LogP contribution in [-0.2, 0) is 4.79 Å². The molecule has 140 valence electrons. The van der Waals surface area contributed by atoms with Gasteiger partial charge in [-0.15, -0.1) is 0 Å². The Kier molecular flexibility index (Phi) is 6.08. The van der Waals surface area contributed by atoms with Crippen molar-refractivity contribution in [3.63, 3.8) is 0 Å². The quantitative estimate of drug-likeness (QED) is 0.790. The van der Waals surface area contributed by atoms with E-state index in [0.29, 0.717) is 11.7 Å². The average Bonchev–Trinajstić information content (AvgIpc) is 3.04. The van der Waals surface area contributed by atoms with Crippen molar-refractivity contribution in [2.75, 3.05) is 27.7 Å². The maximum absolute atomic E-state index is 12.4. The fourth-order valence-corrected chi connectivity index (χ4v) is 2.29. The summed E-state index contributed by atoms with van der Waals surface area (Å²) in [6, 6.07) is 9.21. The predicted octanol–water partition coefficient (Wildman–Crippen LogP) is 3.66. The van der Waals surface area contributed by atoms with Crippen molar-refractivity contribution in [1.82, 2.24) is 9.80 Å². The number of nitrogens with zero attached hydrogens (tertiary/aromatic N) is 2. The molecule has 2 amide bonds. The average molecular weight is 358 g/mol. The molecule has 26 heavy (non-hydrogen) atoms. The summed E-state index contributed by atoms with van der Waals surface area (Å²) >= 11 is 0. The maximum atomic E-state index is 12.4. The minimum Gasteiger partial charge on any atom is -0.426 e.